The van der Waals surface area contributed by atoms with Crippen LogP contribution in [0.4, 0.5) is 17.6 Å². The quantitative estimate of drug-likeness (QED) is 0.352. The summed E-state index contributed by atoms with van der Waals surface area (Å²) in [7, 11) is 0. The molecule has 94 valence electrons. The van der Waals surface area contributed by atoms with Crippen LogP contribution in [0.5, 0.6) is 0 Å². The smallest absolute Gasteiger partial charge is 0.294 e. The number of ketones is 1. The summed E-state index contributed by atoms with van der Waals surface area (Å²) in [5, 5.41) is 0.379. The fourth-order valence-electron chi connectivity index (χ4n) is 1.15. The summed E-state index contributed by atoms with van der Waals surface area (Å²) in [5.74, 6) is -1.25. The number of halogens is 5. The first kappa shape index (κ1) is 14.5. The summed E-state index contributed by atoms with van der Waals surface area (Å²) in [6.07, 6.45) is 0.111. The highest BCUT2D eigenvalue weighted by atomic mass is 79.9. The van der Waals surface area contributed by atoms with Gasteiger partial charge in [-0.3, -0.25) is 4.79 Å². The Balaban J connectivity index is 2.98. The van der Waals surface area contributed by atoms with Crippen molar-refractivity contribution in [2.75, 3.05) is 5.33 Å². The van der Waals surface area contributed by atoms with Gasteiger partial charge < -0.3 is 0 Å². The Morgan fingerprint density at radius 2 is 1.94 bits per heavy atom. The molecule has 0 radical (unpaired) electrons. The van der Waals surface area contributed by atoms with Gasteiger partial charge in [0.25, 0.3) is 0 Å². The van der Waals surface area contributed by atoms with Crippen LogP contribution in [-0.2, 0) is 0 Å². The zero-order valence-electron chi connectivity index (χ0n) is 8.35. The van der Waals surface area contributed by atoms with Crippen molar-refractivity contribution in [2.45, 2.75) is 16.8 Å². The van der Waals surface area contributed by atoms with Crippen molar-refractivity contribution < 1.29 is 22.4 Å². The van der Waals surface area contributed by atoms with Crippen LogP contribution >= 0.6 is 27.7 Å². The second-order valence-electron chi connectivity index (χ2n) is 3.09. The molecule has 0 atom stereocenters. The fourth-order valence-corrected chi connectivity index (χ4v) is 2.13. The summed E-state index contributed by atoms with van der Waals surface area (Å²) in [6, 6.07) is 2.74. The highest BCUT2D eigenvalue weighted by Crippen LogP contribution is 2.37. The third-order valence-corrected chi connectivity index (χ3v) is 2.85. The maximum Gasteiger partial charge on any atom is 0.446 e. The van der Waals surface area contributed by atoms with Crippen molar-refractivity contribution in [1.29, 1.82) is 0 Å². The van der Waals surface area contributed by atoms with Crippen molar-refractivity contribution in [2.24, 2.45) is 0 Å². The van der Waals surface area contributed by atoms with E-state index in [1.54, 1.807) is 0 Å². The molecule has 17 heavy (non-hydrogen) atoms. The molecule has 0 aromatic heterocycles. The molecule has 0 bridgehead atoms. The van der Waals surface area contributed by atoms with Crippen LogP contribution in [0.2, 0.25) is 0 Å². The van der Waals surface area contributed by atoms with Crippen molar-refractivity contribution in [3.05, 3.63) is 29.6 Å². The Morgan fingerprint density at radius 1 is 1.29 bits per heavy atom. The molecule has 0 saturated heterocycles. The molecular weight excluding hydrogens is 324 g/mol. The summed E-state index contributed by atoms with van der Waals surface area (Å²) >= 11 is 2.59. The van der Waals surface area contributed by atoms with Gasteiger partial charge in [-0.25, -0.2) is 4.39 Å². The zero-order valence-corrected chi connectivity index (χ0v) is 10.8. The number of carbonyl (C=O) groups is 1. The Hall–Kier alpha value is -0.560. The summed E-state index contributed by atoms with van der Waals surface area (Å²) in [5.41, 5.74) is -4.54. The number of benzene rings is 1. The minimum atomic E-state index is -4.50. The van der Waals surface area contributed by atoms with Crippen LogP contribution in [0.1, 0.15) is 16.8 Å². The van der Waals surface area contributed by atoms with Gasteiger partial charge in [-0.15, -0.1) is 0 Å². The number of hydrogen-bond donors (Lipinski definition) is 0. The lowest BCUT2D eigenvalue weighted by molar-refractivity contribution is -0.0328. The van der Waals surface area contributed by atoms with E-state index in [0.29, 0.717) is 5.33 Å². The number of thioether (sulfide) groups is 1. The second-order valence-corrected chi connectivity index (χ2v) is 5.02. The number of rotatable bonds is 4. The molecule has 0 aliphatic carbocycles. The molecular formula is C10H7BrF4OS. The van der Waals surface area contributed by atoms with Gasteiger partial charge in [0, 0.05) is 22.2 Å². The van der Waals surface area contributed by atoms with Crippen molar-refractivity contribution in [1.82, 2.24) is 0 Å². The molecule has 0 saturated carbocycles. The van der Waals surface area contributed by atoms with Crippen LogP contribution in [0, 0.1) is 5.82 Å². The standard InChI is InChI=1S/C10H7BrF4OS/c11-2-1-9(16)6-3-7(12)5-8(4-6)17-10(13,14)15/h3-5H,1-2H2. The maximum atomic E-state index is 13.1. The Morgan fingerprint density at radius 3 is 2.47 bits per heavy atom. The lowest BCUT2D eigenvalue weighted by Gasteiger charge is -2.07. The lowest BCUT2D eigenvalue weighted by Crippen LogP contribution is -2.03. The van der Waals surface area contributed by atoms with E-state index < -0.39 is 28.9 Å². The van der Waals surface area contributed by atoms with Gasteiger partial charge in [-0.2, -0.15) is 13.2 Å². The molecule has 0 aliphatic heterocycles. The number of alkyl halides is 4. The number of hydrogen-bond acceptors (Lipinski definition) is 2. The van der Waals surface area contributed by atoms with E-state index in [1.807, 2.05) is 0 Å². The van der Waals surface area contributed by atoms with Gasteiger partial charge in [-0.05, 0) is 30.0 Å². The van der Waals surface area contributed by atoms with Crippen molar-refractivity contribution in [3.63, 3.8) is 0 Å². The summed E-state index contributed by atoms with van der Waals surface area (Å²) in [4.78, 5) is 11.1. The minimum Gasteiger partial charge on any atom is -0.294 e. The van der Waals surface area contributed by atoms with Crippen LogP contribution in [0.25, 0.3) is 0 Å². The third kappa shape index (κ3) is 5.08. The van der Waals surface area contributed by atoms with E-state index in [9.17, 15) is 22.4 Å². The van der Waals surface area contributed by atoms with E-state index in [1.165, 1.54) is 0 Å². The van der Waals surface area contributed by atoms with Gasteiger partial charge in [0.1, 0.15) is 5.82 Å². The van der Waals surface area contributed by atoms with Crippen molar-refractivity contribution in [3.8, 4) is 0 Å². The fraction of sp³-hybridized carbons (Fsp3) is 0.300. The van der Waals surface area contributed by atoms with Crippen molar-refractivity contribution >= 4 is 33.5 Å². The molecule has 1 aromatic carbocycles. The van der Waals surface area contributed by atoms with Crippen LogP contribution < -0.4 is 0 Å². The van der Waals surface area contributed by atoms with Gasteiger partial charge in [0.15, 0.2) is 5.78 Å². The van der Waals surface area contributed by atoms with Crippen LogP contribution in [0.15, 0.2) is 23.1 Å². The van der Waals surface area contributed by atoms with Crippen LogP contribution in [-0.4, -0.2) is 16.6 Å². The number of Topliss-reactive ketones (excluding diaryl/α,β-unsaturated/α-hetero) is 1. The highest BCUT2D eigenvalue weighted by Gasteiger charge is 2.29. The van der Waals surface area contributed by atoms with Gasteiger partial charge in [-0.1, -0.05) is 15.9 Å². The Labute approximate surface area is 108 Å². The molecule has 1 aromatic rings. The van der Waals surface area contributed by atoms with Crippen LogP contribution in [0.3, 0.4) is 0 Å². The van der Waals surface area contributed by atoms with E-state index >= 15 is 0 Å². The minimum absolute atomic E-state index is 0.0452. The van der Waals surface area contributed by atoms with Gasteiger partial charge in [0.2, 0.25) is 0 Å². The van der Waals surface area contributed by atoms with E-state index in [2.05, 4.69) is 15.9 Å². The number of carbonyl (C=O) groups excluding carboxylic acids is 1. The first-order valence-corrected chi connectivity index (χ1v) is 6.41. The van der Waals surface area contributed by atoms with E-state index in [0.717, 1.165) is 18.2 Å². The Bertz CT molecular complexity index is 419. The maximum absolute atomic E-state index is 13.1. The average Bonchev–Trinajstić information content (AvgIpc) is 2.14. The zero-order chi connectivity index (χ0) is 13.1. The molecule has 0 spiro atoms. The largest absolute Gasteiger partial charge is 0.446 e. The van der Waals surface area contributed by atoms with Gasteiger partial charge in [0.05, 0.1) is 0 Å². The molecule has 0 aliphatic rings. The molecule has 7 heteroatoms. The Kier molecular flexibility index (Phi) is 5.00. The molecule has 0 N–H and O–H groups in total. The summed E-state index contributed by atoms with van der Waals surface area (Å²) in [6.45, 7) is 0. The predicted octanol–water partition coefficient (Wildman–Crippen LogP) is 4.41. The summed E-state index contributed by atoms with van der Waals surface area (Å²) < 4.78 is 49.4. The molecule has 1 nitrogen and oxygen atoms in total. The predicted molar refractivity (Wildman–Crippen MR) is 61.1 cm³/mol. The lowest BCUT2D eigenvalue weighted by atomic mass is 10.1. The molecule has 0 fully saturated rings. The highest BCUT2D eigenvalue weighted by molar-refractivity contribution is 9.09. The molecule has 0 heterocycles. The SMILES string of the molecule is O=C(CCBr)c1cc(F)cc(SC(F)(F)F)c1. The first-order chi connectivity index (χ1) is 7.81. The average molecular weight is 331 g/mol. The normalized spacial score (nSPS) is 11.6. The van der Waals surface area contributed by atoms with Gasteiger partial charge >= 0.3 is 5.51 Å². The molecule has 1 rings (SSSR count). The topological polar surface area (TPSA) is 17.1 Å². The van der Waals surface area contributed by atoms with E-state index in [4.69, 9.17) is 0 Å². The molecule has 0 unspecified atom stereocenters. The first-order valence-electron chi connectivity index (χ1n) is 4.47. The third-order valence-electron chi connectivity index (χ3n) is 1.75. The molecule has 0 amide bonds. The monoisotopic (exact) mass is 330 g/mol. The van der Waals surface area contributed by atoms with E-state index in [-0.39, 0.29) is 16.9 Å². The second kappa shape index (κ2) is 5.86.